The van der Waals surface area contributed by atoms with E-state index in [2.05, 4.69) is 15.0 Å². The fourth-order valence-electron chi connectivity index (χ4n) is 2.07. The van der Waals surface area contributed by atoms with E-state index in [4.69, 9.17) is 0 Å². The number of hydrogen-bond donors (Lipinski definition) is 1. The minimum atomic E-state index is -4.47. The lowest BCUT2D eigenvalue weighted by atomic mass is 10.1. The van der Waals surface area contributed by atoms with Crippen LogP contribution in [0.3, 0.4) is 0 Å². The number of nitrogens with zero attached hydrogens (tertiary/aromatic N) is 2. The quantitative estimate of drug-likeness (QED) is 0.749. The first-order valence-corrected chi connectivity index (χ1v) is 5.97. The summed E-state index contributed by atoms with van der Waals surface area (Å²) in [5, 5.41) is 0.439. The van der Waals surface area contributed by atoms with Crippen molar-refractivity contribution < 1.29 is 13.2 Å². The molecule has 1 N–H and O–H groups in total. The predicted molar refractivity (Wildman–Crippen MR) is 70.6 cm³/mol. The molecule has 0 atom stereocenters. The van der Waals surface area contributed by atoms with Crippen molar-refractivity contribution in [2.75, 3.05) is 0 Å². The van der Waals surface area contributed by atoms with Gasteiger partial charge in [0.1, 0.15) is 0 Å². The smallest absolute Gasteiger partial charge is 0.305 e. The van der Waals surface area contributed by atoms with E-state index < -0.39 is 17.4 Å². The Morgan fingerprint density at radius 2 is 1.76 bits per heavy atom. The molecule has 3 rings (SSSR count). The highest BCUT2D eigenvalue weighted by Crippen LogP contribution is 2.32. The Morgan fingerprint density at radius 3 is 2.43 bits per heavy atom. The van der Waals surface area contributed by atoms with Crippen LogP contribution in [0.15, 0.2) is 47.5 Å². The molecule has 0 aliphatic carbocycles. The van der Waals surface area contributed by atoms with Crippen molar-refractivity contribution in [3.8, 4) is 11.3 Å². The van der Waals surface area contributed by atoms with Crippen LogP contribution < -0.4 is 5.69 Å². The molecule has 0 bridgehead atoms. The molecule has 0 aliphatic heterocycles. The second-order valence-electron chi connectivity index (χ2n) is 4.38. The summed E-state index contributed by atoms with van der Waals surface area (Å²) in [5.74, 6) is 0. The minimum Gasteiger partial charge on any atom is -0.305 e. The second kappa shape index (κ2) is 4.69. The van der Waals surface area contributed by atoms with Gasteiger partial charge in [0.2, 0.25) is 0 Å². The van der Waals surface area contributed by atoms with Gasteiger partial charge in [0.25, 0.3) is 0 Å². The minimum absolute atomic E-state index is 0.0941. The first kappa shape index (κ1) is 13.3. The highest BCUT2D eigenvalue weighted by molar-refractivity contribution is 5.92. The molecule has 4 nitrogen and oxygen atoms in total. The summed E-state index contributed by atoms with van der Waals surface area (Å²) in [5.41, 5.74) is -0.492. The highest BCUT2D eigenvalue weighted by atomic mass is 19.4. The molecule has 0 fully saturated rings. The molecule has 3 aromatic rings. The average Bonchev–Trinajstić information content (AvgIpc) is 2.45. The van der Waals surface area contributed by atoms with Gasteiger partial charge in [0.15, 0.2) is 0 Å². The number of hydrogen-bond acceptors (Lipinski definition) is 3. The number of benzene rings is 1. The van der Waals surface area contributed by atoms with Gasteiger partial charge >= 0.3 is 11.9 Å². The van der Waals surface area contributed by atoms with Gasteiger partial charge in [-0.2, -0.15) is 18.2 Å². The summed E-state index contributed by atoms with van der Waals surface area (Å²) in [6.07, 6.45) is -1.42. The molecular weight excluding hydrogens is 283 g/mol. The molecule has 1 aromatic carbocycles. The van der Waals surface area contributed by atoms with Crippen LogP contribution in [0, 0.1) is 0 Å². The zero-order valence-corrected chi connectivity index (χ0v) is 10.5. The Morgan fingerprint density at radius 1 is 1.05 bits per heavy atom. The molecule has 0 saturated carbocycles. The number of fused-ring (bicyclic) bond motifs is 1. The Balaban J connectivity index is 2.30. The maximum absolute atomic E-state index is 12.7. The van der Waals surface area contributed by atoms with E-state index in [0.717, 1.165) is 12.1 Å². The Bertz CT molecular complexity index is 857. The third-order valence-corrected chi connectivity index (χ3v) is 3.01. The van der Waals surface area contributed by atoms with Crippen LogP contribution in [0.5, 0.6) is 0 Å². The van der Waals surface area contributed by atoms with Crippen LogP contribution in [0.4, 0.5) is 13.2 Å². The van der Waals surface area contributed by atoms with Crippen molar-refractivity contribution in [2.24, 2.45) is 0 Å². The first-order valence-electron chi connectivity index (χ1n) is 5.97. The number of halogens is 3. The fraction of sp³-hybridized carbons (Fsp3) is 0.0714. The number of pyridine rings is 1. The fourth-order valence-corrected chi connectivity index (χ4v) is 2.07. The standard InChI is InChI=1S/C14H8F3N3O/c15-14(16,17)9-1-2-10-11(7-9)19-13(21)20-12(10)8-3-5-18-6-4-8/h1-7H,(H,19,20,21). The number of nitrogens with one attached hydrogen (secondary N) is 1. The lowest BCUT2D eigenvalue weighted by Gasteiger charge is -2.09. The van der Waals surface area contributed by atoms with E-state index >= 15 is 0 Å². The lowest BCUT2D eigenvalue weighted by molar-refractivity contribution is -0.137. The van der Waals surface area contributed by atoms with Gasteiger partial charge in [-0.15, -0.1) is 0 Å². The van der Waals surface area contributed by atoms with Crippen LogP contribution >= 0.6 is 0 Å². The van der Waals surface area contributed by atoms with Gasteiger partial charge in [0, 0.05) is 23.3 Å². The van der Waals surface area contributed by atoms with Crippen molar-refractivity contribution in [2.45, 2.75) is 6.18 Å². The van der Waals surface area contributed by atoms with Crippen LogP contribution in [-0.4, -0.2) is 15.0 Å². The molecule has 2 heterocycles. The molecule has 0 saturated heterocycles. The highest BCUT2D eigenvalue weighted by Gasteiger charge is 2.30. The first-order chi connectivity index (χ1) is 9.95. The van der Waals surface area contributed by atoms with E-state index in [-0.39, 0.29) is 5.52 Å². The summed E-state index contributed by atoms with van der Waals surface area (Å²) in [6.45, 7) is 0. The monoisotopic (exact) mass is 291 g/mol. The third-order valence-electron chi connectivity index (χ3n) is 3.01. The van der Waals surface area contributed by atoms with E-state index in [1.165, 1.54) is 18.5 Å². The summed E-state index contributed by atoms with van der Waals surface area (Å²) in [4.78, 5) is 21.6. The lowest BCUT2D eigenvalue weighted by Crippen LogP contribution is -2.12. The van der Waals surface area contributed by atoms with Crippen LogP contribution in [0.25, 0.3) is 22.2 Å². The Labute approximate surface area is 116 Å². The summed E-state index contributed by atoms with van der Waals surface area (Å²) < 4.78 is 38.2. The number of aromatic nitrogens is 3. The molecular formula is C14H8F3N3O. The van der Waals surface area contributed by atoms with Gasteiger partial charge in [-0.3, -0.25) is 4.98 Å². The van der Waals surface area contributed by atoms with E-state index in [0.29, 0.717) is 16.6 Å². The van der Waals surface area contributed by atoms with Crippen molar-refractivity contribution in [1.82, 2.24) is 15.0 Å². The molecule has 0 spiro atoms. The SMILES string of the molecule is O=c1nc(-c2ccncc2)c2ccc(C(F)(F)F)cc2[nH]1. The maximum Gasteiger partial charge on any atom is 0.416 e. The van der Waals surface area contributed by atoms with E-state index in [9.17, 15) is 18.0 Å². The van der Waals surface area contributed by atoms with Crippen molar-refractivity contribution >= 4 is 10.9 Å². The molecule has 0 unspecified atom stereocenters. The van der Waals surface area contributed by atoms with Crippen molar-refractivity contribution in [1.29, 1.82) is 0 Å². The van der Waals surface area contributed by atoms with E-state index in [1.807, 2.05) is 0 Å². The summed E-state index contributed by atoms with van der Waals surface area (Å²) >= 11 is 0. The number of H-pyrrole nitrogens is 1. The summed E-state index contributed by atoms with van der Waals surface area (Å²) in [6, 6.07) is 6.45. The molecule has 0 amide bonds. The van der Waals surface area contributed by atoms with Gasteiger partial charge in [0.05, 0.1) is 16.8 Å². The Hall–Kier alpha value is -2.70. The largest absolute Gasteiger partial charge is 0.416 e. The third kappa shape index (κ3) is 2.49. The zero-order valence-electron chi connectivity index (χ0n) is 10.5. The zero-order chi connectivity index (χ0) is 15.0. The summed E-state index contributed by atoms with van der Waals surface area (Å²) in [7, 11) is 0. The van der Waals surface area contributed by atoms with Gasteiger partial charge in [-0.1, -0.05) is 6.07 Å². The number of rotatable bonds is 1. The topological polar surface area (TPSA) is 58.6 Å². The van der Waals surface area contributed by atoms with Gasteiger partial charge in [-0.25, -0.2) is 4.79 Å². The van der Waals surface area contributed by atoms with Crippen molar-refractivity contribution in [3.63, 3.8) is 0 Å². The molecule has 0 radical (unpaired) electrons. The maximum atomic E-state index is 12.7. The predicted octanol–water partition coefficient (Wildman–Crippen LogP) is 3.00. The normalized spacial score (nSPS) is 11.8. The molecule has 106 valence electrons. The van der Waals surface area contributed by atoms with Crippen LogP contribution in [0.2, 0.25) is 0 Å². The van der Waals surface area contributed by atoms with Gasteiger partial charge in [-0.05, 0) is 24.3 Å². The molecule has 2 aromatic heterocycles. The molecule has 0 aliphatic rings. The molecule has 7 heteroatoms. The second-order valence-corrected chi connectivity index (χ2v) is 4.38. The Kier molecular flexibility index (Phi) is 2.97. The van der Waals surface area contributed by atoms with Crippen LogP contribution in [-0.2, 0) is 6.18 Å². The van der Waals surface area contributed by atoms with Crippen molar-refractivity contribution in [3.05, 3.63) is 58.8 Å². The molecule has 21 heavy (non-hydrogen) atoms. The van der Waals surface area contributed by atoms with Gasteiger partial charge < -0.3 is 4.98 Å². The number of aromatic amines is 1. The average molecular weight is 291 g/mol. The van der Waals surface area contributed by atoms with Crippen LogP contribution in [0.1, 0.15) is 5.56 Å². The number of alkyl halides is 3. The van der Waals surface area contributed by atoms with E-state index in [1.54, 1.807) is 12.1 Å².